The lowest BCUT2D eigenvalue weighted by Gasteiger charge is -2.29. The van der Waals surface area contributed by atoms with E-state index in [9.17, 15) is 27.6 Å². The summed E-state index contributed by atoms with van der Waals surface area (Å²) >= 11 is 0. The van der Waals surface area contributed by atoms with Crippen molar-refractivity contribution >= 4 is 29.1 Å². The van der Waals surface area contributed by atoms with E-state index < -0.39 is 36.6 Å². The van der Waals surface area contributed by atoms with Gasteiger partial charge in [-0.2, -0.15) is 0 Å². The van der Waals surface area contributed by atoms with E-state index in [-0.39, 0.29) is 37.2 Å². The summed E-state index contributed by atoms with van der Waals surface area (Å²) in [6.07, 6.45) is -1.12. The summed E-state index contributed by atoms with van der Waals surface area (Å²) in [5.74, 6) is -3.12. The summed E-state index contributed by atoms with van der Waals surface area (Å²) in [6.45, 7) is -0.198. The Morgan fingerprint density at radius 2 is 2.07 bits per heavy atom. The number of benzene rings is 1. The largest absolute Gasteiger partial charge is 0.370 e. The molecule has 8 nitrogen and oxygen atoms in total. The van der Waals surface area contributed by atoms with Crippen LogP contribution in [-0.4, -0.2) is 67.9 Å². The molecule has 2 aliphatic rings. The number of hydrogen-bond donors (Lipinski definition) is 2. The van der Waals surface area contributed by atoms with E-state index in [4.69, 9.17) is 10.5 Å². The minimum atomic E-state index is -2.76. The molecule has 1 atom stereocenters. The van der Waals surface area contributed by atoms with Gasteiger partial charge in [-0.1, -0.05) is 0 Å². The molecule has 1 saturated heterocycles. The van der Waals surface area contributed by atoms with Gasteiger partial charge in [0.2, 0.25) is 5.91 Å². The predicted octanol–water partition coefficient (Wildman–Crippen LogP) is 0.958. The first-order chi connectivity index (χ1) is 14.3. The predicted molar refractivity (Wildman–Crippen MR) is 101 cm³/mol. The van der Waals surface area contributed by atoms with Gasteiger partial charge in [-0.15, -0.1) is 0 Å². The third-order valence-electron chi connectivity index (χ3n) is 4.95. The number of primary amides is 1. The molecule has 0 unspecified atom stereocenters. The van der Waals surface area contributed by atoms with Crippen LogP contribution in [0.1, 0.15) is 12.8 Å². The lowest BCUT2D eigenvalue weighted by atomic mass is 10.1. The minimum absolute atomic E-state index is 0.110. The molecule has 0 aromatic heterocycles. The molecule has 2 fully saturated rings. The lowest BCUT2D eigenvalue weighted by Crippen LogP contribution is -2.54. The van der Waals surface area contributed by atoms with Gasteiger partial charge >= 0.3 is 0 Å². The average molecular weight is 428 g/mol. The number of amides is 3. The van der Waals surface area contributed by atoms with Crippen molar-refractivity contribution in [2.24, 2.45) is 11.7 Å². The Balaban J connectivity index is 1.74. The van der Waals surface area contributed by atoms with E-state index in [1.54, 1.807) is 0 Å². The summed E-state index contributed by atoms with van der Waals surface area (Å²) in [5.41, 5.74) is 5.34. The maximum atomic E-state index is 14.6. The number of nitrogens with one attached hydrogen (secondary N) is 1. The quantitative estimate of drug-likeness (QED) is 0.570. The molecule has 1 heterocycles. The van der Waals surface area contributed by atoms with Crippen molar-refractivity contribution in [3.8, 4) is 0 Å². The topological polar surface area (TPSA) is 105 Å². The number of ether oxygens (including phenoxy) is 1. The second kappa shape index (κ2) is 9.43. The molecule has 1 aromatic carbocycles. The molecular formula is C19H23F3N4O4. The minimum Gasteiger partial charge on any atom is -0.370 e. The van der Waals surface area contributed by atoms with Crippen LogP contribution in [-0.2, 0) is 19.1 Å². The Bertz CT molecular complexity index is 815. The van der Waals surface area contributed by atoms with Crippen molar-refractivity contribution in [3.05, 3.63) is 24.0 Å². The van der Waals surface area contributed by atoms with E-state index in [2.05, 4.69) is 5.32 Å². The smallest absolute Gasteiger partial charge is 0.253 e. The zero-order valence-electron chi connectivity index (χ0n) is 16.2. The average Bonchev–Trinajstić information content (AvgIpc) is 3.47. The van der Waals surface area contributed by atoms with Crippen LogP contribution >= 0.6 is 0 Å². The van der Waals surface area contributed by atoms with Crippen LogP contribution in [0.25, 0.3) is 0 Å². The van der Waals surface area contributed by atoms with Gasteiger partial charge in [-0.25, -0.2) is 13.2 Å². The number of nitrogens with zero attached hydrogens (tertiary/aromatic N) is 2. The number of alkyl halides is 2. The Morgan fingerprint density at radius 1 is 1.33 bits per heavy atom. The van der Waals surface area contributed by atoms with E-state index in [0.717, 1.165) is 23.8 Å². The highest BCUT2D eigenvalue weighted by Gasteiger charge is 2.37. The fourth-order valence-electron chi connectivity index (χ4n) is 3.34. The molecule has 0 radical (unpaired) electrons. The van der Waals surface area contributed by atoms with Gasteiger partial charge in [0.05, 0.1) is 18.8 Å². The van der Waals surface area contributed by atoms with Crippen LogP contribution in [0, 0.1) is 11.7 Å². The van der Waals surface area contributed by atoms with E-state index >= 15 is 0 Å². The summed E-state index contributed by atoms with van der Waals surface area (Å²) in [7, 11) is 0. The molecule has 0 bridgehead atoms. The van der Waals surface area contributed by atoms with Gasteiger partial charge in [0.15, 0.2) is 6.04 Å². The van der Waals surface area contributed by atoms with Gasteiger partial charge < -0.3 is 20.7 Å². The van der Waals surface area contributed by atoms with Crippen LogP contribution in [0.2, 0.25) is 0 Å². The Labute approximate surface area is 171 Å². The summed E-state index contributed by atoms with van der Waals surface area (Å²) < 4.78 is 45.5. The molecule has 3 rings (SSSR count). The Hall–Kier alpha value is -2.66. The Morgan fingerprint density at radius 3 is 2.63 bits per heavy atom. The van der Waals surface area contributed by atoms with Gasteiger partial charge in [-0.3, -0.25) is 19.3 Å². The number of rotatable bonds is 9. The third-order valence-corrected chi connectivity index (χ3v) is 4.95. The molecule has 1 saturated carbocycles. The van der Waals surface area contributed by atoms with Crippen molar-refractivity contribution in [1.82, 2.24) is 4.90 Å². The lowest BCUT2D eigenvalue weighted by molar-refractivity contribution is -0.133. The first-order valence-corrected chi connectivity index (χ1v) is 9.56. The molecule has 1 aliphatic carbocycles. The number of halogens is 3. The molecule has 164 valence electrons. The van der Waals surface area contributed by atoms with Crippen molar-refractivity contribution in [3.63, 3.8) is 0 Å². The fraction of sp³-hybridized carbons (Fsp3) is 0.526. The van der Waals surface area contributed by atoms with Crippen molar-refractivity contribution in [2.75, 3.05) is 43.1 Å². The highest BCUT2D eigenvalue weighted by atomic mass is 19.3. The van der Waals surface area contributed by atoms with Crippen LogP contribution < -0.4 is 16.0 Å². The van der Waals surface area contributed by atoms with Crippen LogP contribution in [0.5, 0.6) is 0 Å². The van der Waals surface area contributed by atoms with E-state index in [1.165, 1.54) is 17.0 Å². The Kier molecular flexibility index (Phi) is 6.93. The van der Waals surface area contributed by atoms with Gasteiger partial charge in [0.25, 0.3) is 18.2 Å². The fourth-order valence-corrected chi connectivity index (χ4v) is 3.34. The molecule has 0 spiro atoms. The normalized spacial score (nSPS) is 18.0. The number of anilines is 2. The number of hydrogen-bond acceptors (Lipinski definition) is 5. The zero-order valence-corrected chi connectivity index (χ0v) is 16.2. The molecule has 1 aromatic rings. The second-order valence-corrected chi connectivity index (χ2v) is 7.34. The van der Waals surface area contributed by atoms with E-state index in [1.807, 2.05) is 0 Å². The summed E-state index contributed by atoms with van der Waals surface area (Å²) in [5, 5.41) is 2.25. The van der Waals surface area contributed by atoms with Crippen LogP contribution in [0.4, 0.5) is 24.5 Å². The number of nitrogens with two attached hydrogens (primary N) is 1. The summed E-state index contributed by atoms with van der Waals surface area (Å²) in [4.78, 5) is 38.8. The van der Waals surface area contributed by atoms with Gasteiger partial charge in [-0.05, 0) is 37.0 Å². The molecule has 11 heteroatoms. The highest BCUT2D eigenvalue weighted by Crippen LogP contribution is 2.31. The summed E-state index contributed by atoms with van der Waals surface area (Å²) in [6, 6.07) is 2.09. The SMILES string of the molecule is NC(=O)[C@H](C(=O)Nc1ccc(N2CCOCC2=O)cc1F)N(CC(F)F)CC1CC1. The number of carbonyl (C=O) groups excluding carboxylic acids is 3. The molecule has 1 aliphatic heterocycles. The van der Waals surface area contributed by atoms with Crippen LogP contribution in [0.15, 0.2) is 18.2 Å². The molecule has 3 N–H and O–H groups in total. The monoisotopic (exact) mass is 428 g/mol. The first kappa shape index (κ1) is 22.0. The molecule has 30 heavy (non-hydrogen) atoms. The van der Waals surface area contributed by atoms with Crippen molar-refractivity contribution in [2.45, 2.75) is 25.3 Å². The standard InChI is InChI=1S/C19H23F3N4O4/c20-13-7-12(26-5-6-30-10-16(26)27)3-4-14(13)24-19(29)17(18(23)28)25(9-15(21)22)8-11-1-2-11/h3-4,7,11,15,17H,1-2,5-6,8-10H2,(H2,23,28)(H,24,29)/t17-/m1/s1. The number of carbonyl (C=O) groups is 3. The van der Waals surface area contributed by atoms with E-state index in [0.29, 0.717) is 12.3 Å². The molecular weight excluding hydrogens is 405 g/mol. The highest BCUT2D eigenvalue weighted by molar-refractivity contribution is 6.09. The van der Waals surface area contributed by atoms with Crippen molar-refractivity contribution < 1.29 is 32.3 Å². The first-order valence-electron chi connectivity index (χ1n) is 9.56. The van der Waals surface area contributed by atoms with Gasteiger partial charge in [0, 0.05) is 18.8 Å². The number of morpholine rings is 1. The second-order valence-electron chi connectivity index (χ2n) is 7.34. The van der Waals surface area contributed by atoms with Crippen LogP contribution in [0.3, 0.4) is 0 Å². The molecule has 3 amide bonds. The maximum Gasteiger partial charge on any atom is 0.253 e. The van der Waals surface area contributed by atoms with Crippen molar-refractivity contribution in [1.29, 1.82) is 0 Å². The third kappa shape index (κ3) is 5.48. The van der Waals surface area contributed by atoms with Gasteiger partial charge in [0.1, 0.15) is 12.4 Å². The zero-order chi connectivity index (χ0) is 21.8. The maximum absolute atomic E-state index is 14.6.